The van der Waals surface area contributed by atoms with Crippen LogP contribution >= 0.6 is 0 Å². The smallest absolute Gasteiger partial charge is 0.166 e. The molecule has 17 heavy (non-hydrogen) atoms. The van der Waals surface area contributed by atoms with E-state index in [-0.39, 0.29) is 23.2 Å². The number of carbonyl (C=O) groups is 1. The Morgan fingerprint density at radius 1 is 1.18 bits per heavy atom. The maximum atomic E-state index is 12.1. The Morgan fingerprint density at radius 2 is 1.71 bits per heavy atom. The zero-order valence-corrected chi connectivity index (χ0v) is 10.9. The fourth-order valence-corrected chi connectivity index (χ4v) is 2.25. The van der Waals surface area contributed by atoms with Gasteiger partial charge in [-0.15, -0.1) is 0 Å². The van der Waals surface area contributed by atoms with Crippen LogP contribution < -0.4 is 5.73 Å². The van der Waals surface area contributed by atoms with E-state index >= 15 is 0 Å². The molecular weight excluding hydrogens is 210 g/mol. The van der Waals surface area contributed by atoms with Crippen LogP contribution in [0.25, 0.3) is 0 Å². The van der Waals surface area contributed by atoms with E-state index in [4.69, 9.17) is 5.73 Å². The Labute approximate surface area is 103 Å². The molecule has 1 saturated carbocycles. The second kappa shape index (κ2) is 4.26. The highest BCUT2D eigenvalue weighted by Crippen LogP contribution is 2.30. The summed E-state index contributed by atoms with van der Waals surface area (Å²) < 4.78 is 0. The fourth-order valence-electron chi connectivity index (χ4n) is 2.25. The van der Waals surface area contributed by atoms with Crippen molar-refractivity contribution in [3.63, 3.8) is 0 Å². The van der Waals surface area contributed by atoms with Gasteiger partial charge in [0.05, 0.1) is 0 Å². The van der Waals surface area contributed by atoms with Crippen LogP contribution in [0.1, 0.15) is 49.5 Å². The minimum atomic E-state index is 0.139. The Balaban J connectivity index is 2.10. The number of rotatable bonds is 2. The van der Waals surface area contributed by atoms with Crippen molar-refractivity contribution in [2.75, 3.05) is 0 Å². The molecule has 1 aromatic carbocycles. The largest absolute Gasteiger partial charge is 0.328 e. The lowest BCUT2D eigenvalue weighted by atomic mass is 9.76. The molecule has 0 atom stereocenters. The predicted octanol–water partition coefficient (Wildman–Crippen LogP) is 2.90. The molecule has 0 heterocycles. The van der Waals surface area contributed by atoms with Crippen molar-refractivity contribution in [1.29, 1.82) is 0 Å². The molecule has 92 valence electrons. The van der Waals surface area contributed by atoms with Gasteiger partial charge in [0.1, 0.15) is 0 Å². The molecule has 1 aliphatic rings. The molecule has 0 aromatic heterocycles. The molecule has 2 rings (SSSR count). The molecule has 0 spiro atoms. The van der Waals surface area contributed by atoms with Crippen molar-refractivity contribution in [3.05, 3.63) is 35.4 Å². The summed E-state index contributed by atoms with van der Waals surface area (Å²) in [5, 5.41) is 0. The van der Waals surface area contributed by atoms with Crippen LogP contribution in [0.15, 0.2) is 24.3 Å². The first-order chi connectivity index (χ1) is 7.88. The first-order valence-electron chi connectivity index (χ1n) is 6.28. The summed E-state index contributed by atoms with van der Waals surface area (Å²) in [6.45, 7) is 6.53. The zero-order chi connectivity index (χ0) is 12.6. The molecule has 1 aromatic rings. The van der Waals surface area contributed by atoms with E-state index in [0.717, 1.165) is 18.4 Å². The van der Waals surface area contributed by atoms with Crippen molar-refractivity contribution in [3.8, 4) is 0 Å². The van der Waals surface area contributed by atoms with Crippen LogP contribution in [0, 0.1) is 5.92 Å². The summed E-state index contributed by atoms with van der Waals surface area (Å²) >= 11 is 0. The Kier molecular flexibility index (Phi) is 3.09. The molecule has 0 radical (unpaired) electrons. The number of nitrogens with two attached hydrogens (primary N) is 1. The van der Waals surface area contributed by atoms with Crippen molar-refractivity contribution in [2.24, 2.45) is 11.7 Å². The molecule has 0 unspecified atom stereocenters. The second-order valence-corrected chi connectivity index (χ2v) is 6.12. The monoisotopic (exact) mass is 231 g/mol. The summed E-state index contributed by atoms with van der Waals surface area (Å²) in [7, 11) is 0. The van der Waals surface area contributed by atoms with Crippen LogP contribution in [0.5, 0.6) is 0 Å². The first kappa shape index (κ1) is 12.3. The van der Waals surface area contributed by atoms with Gasteiger partial charge >= 0.3 is 0 Å². The summed E-state index contributed by atoms with van der Waals surface area (Å²) in [5.41, 5.74) is 7.94. The van der Waals surface area contributed by atoms with Crippen molar-refractivity contribution in [1.82, 2.24) is 0 Å². The molecule has 1 fully saturated rings. The number of Topliss-reactive ketones (excluding diaryl/α,β-unsaturated/α-hetero) is 1. The molecule has 0 saturated heterocycles. The minimum Gasteiger partial charge on any atom is -0.328 e. The van der Waals surface area contributed by atoms with Gasteiger partial charge in [0, 0.05) is 17.5 Å². The lowest BCUT2D eigenvalue weighted by molar-refractivity contribution is 0.0832. The molecule has 1 aliphatic carbocycles. The molecule has 2 nitrogen and oxygen atoms in total. The normalized spacial score (nSPS) is 24.2. The summed E-state index contributed by atoms with van der Waals surface area (Å²) in [4.78, 5) is 12.1. The molecule has 0 amide bonds. The maximum Gasteiger partial charge on any atom is 0.166 e. The lowest BCUT2D eigenvalue weighted by Crippen LogP contribution is -2.40. The van der Waals surface area contributed by atoms with Gasteiger partial charge < -0.3 is 5.73 Å². The van der Waals surface area contributed by atoms with E-state index in [0.29, 0.717) is 0 Å². The van der Waals surface area contributed by atoms with Gasteiger partial charge in [0.15, 0.2) is 5.78 Å². The van der Waals surface area contributed by atoms with Gasteiger partial charge in [0.25, 0.3) is 0 Å². The maximum absolute atomic E-state index is 12.1. The molecule has 0 aliphatic heterocycles. The van der Waals surface area contributed by atoms with E-state index in [2.05, 4.69) is 32.9 Å². The summed E-state index contributed by atoms with van der Waals surface area (Å²) in [6, 6.07) is 8.26. The molecular formula is C15H21NO. The lowest BCUT2D eigenvalue weighted by Gasteiger charge is -2.31. The minimum absolute atomic E-state index is 0.139. The van der Waals surface area contributed by atoms with Gasteiger partial charge in [0.2, 0.25) is 0 Å². The van der Waals surface area contributed by atoms with Crippen molar-refractivity contribution >= 4 is 5.78 Å². The van der Waals surface area contributed by atoms with Gasteiger partial charge in [-0.2, -0.15) is 0 Å². The van der Waals surface area contributed by atoms with E-state index in [9.17, 15) is 4.79 Å². The Bertz CT molecular complexity index is 408. The van der Waals surface area contributed by atoms with Crippen LogP contribution in [-0.4, -0.2) is 11.8 Å². The van der Waals surface area contributed by atoms with Crippen molar-refractivity contribution in [2.45, 2.75) is 45.1 Å². The number of ketones is 1. The highest BCUT2D eigenvalue weighted by molar-refractivity contribution is 5.98. The topological polar surface area (TPSA) is 43.1 Å². The molecule has 2 heteroatoms. The predicted molar refractivity (Wildman–Crippen MR) is 70.2 cm³/mol. The highest BCUT2D eigenvalue weighted by atomic mass is 16.1. The van der Waals surface area contributed by atoms with E-state index < -0.39 is 0 Å². The van der Waals surface area contributed by atoms with Crippen LogP contribution in [0.3, 0.4) is 0 Å². The number of hydrogen-bond acceptors (Lipinski definition) is 2. The molecule has 2 N–H and O–H groups in total. The summed E-state index contributed by atoms with van der Waals surface area (Å²) in [6.07, 6.45) is 1.69. The van der Waals surface area contributed by atoms with Crippen LogP contribution in [0.4, 0.5) is 0 Å². The van der Waals surface area contributed by atoms with E-state index in [1.807, 2.05) is 12.1 Å². The van der Waals surface area contributed by atoms with Gasteiger partial charge in [-0.1, -0.05) is 45.0 Å². The average Bonchev–Trinajstić information content (AvgIpc) is 2.23. The average molecular weight is 231 g/mol. The van der Waals surface area contributed by atoms with Crippen molar-refractivity contribution < 1.29 is 4.79 Å². The number of benzene rings is 1. The third-order valence-electron chi connectivity index (χ3n) is 3.58. The van der Waals surface area contributed by atoms with E-state index in [1.54, 1.807) is 0 Å². The fraction of sp³-hybridized carbons (Fsp3) is 0.533. The van der Waals surface area contributed by atoms with E-state index in [1.165, 1.54) is 5.56 Å². The standard InChI is InChI=1S/C15H21NO/c1-15(2,3)12-6-4-10(5-7-12)14(17)11-8-13(16)9-11/h4-7,11,13H,8-9,16H2,1-3H3. The van der Waals surface area contributed by atoms with Gasteiger partial charge in [-0.05, 0) is 23.8 Å². The molecule has 0 bridgehead atoms. The third-order valence-corrected chi connectivity index (χ3v) is 3.58. The Hall–Kier alpha value is -1.15. The SMILES string of the molecule is CC(C)(C)c1ccc(C(=O)C2CC(N)C2)cc1. The second-order valence-electron chi connectivity index (χ2n) is 6.12. The zero-order valence-electron chi connectivity index (χ0n) is 10.9. The first-order valence-corrected chi connectivity index (χ1v) is 6.28. The van der Waals surface area contributed by atoms with Crippen LogP contribution in [0.2, 0.25) is 0 Å². The van der Waals surface area contributed by atoms with Gasteiger partial charge in [-0.25, -0.2) is 0 Å². The third kappa shape index (κ3) is 2.58. The van der Waals surface area contributed by atoms with Crippen LogP contribution in [-0.2, 0) is 5.41 Å². The number of hydrogen-bond donors (Lipinski definition) is 1. The highest BCUT2D eigenvalue weighted by Gasteiger charge is 2.32. The summed E-state index contributed by atoms with van der Waals surface area (Å²) in [5.74, 6) is 0.414. The number of carbonyl (C=O) groups excluding carboxylic acids is 1. The Morgan fingerprint density at radius 3 is 2.12 bits per heavy atom. The van der Waals surface area contributed by atoms with Gasteiger partial charge in [-0.3, -0.25) is 4.79 Å². The quantitative estimate of drug-likeness (QED) is 0.795.